The maximum Gasteiger partial charge on any atom is 0.119 e. The van der Waals surface area contributed by atoms with E-state index < -0.39 is 6.10 Å². The molecule has 4 nitrogen and oxygen atoms in total. The Bertz CT molecular complexity index is 839. The molecule has 0 aliphatic rings. The van der Waals surface area contributed by atoms with Crippen LogP contribution in [-0.4, -0.2) is 36.4 Å². The Labute approximate surface area is 173 Å². The number of hydrogen-bond donors (Lipinski definition) is 1. The van der Waals surface area contributed by atoms with Gasteiger partial charge in [0.25, 0.3) is 0 Å². The van der Waals surface area contributed by atoms with E-state index in [0.29, 0.717) is 19.8 Å². The lowest BCUT2D eigenvalue weighted by molar-refractivity contribution is 0.00712. The molecule has 3 aromatic carbocycles. The van der Waals surface area contributed by atoms with Gasteiger partial charge in [0.05, 0.1) is 26.4 Å². The van der Waals surface area contributed by atoms with E-state index in [1.165, 1.54) is 5.56 Å². The number of aliphatic hydroxyl groups is 1. The van der Waals surface area contributed by atoms with Crippen LogP contribution in [0.2, 0.25) is 0 Å². The summed E-state index contributed by atoms with van der Waals surface area (Å²) in [5, 5.41) is 10.6. The lowest BCUT2D eigenvalue weighted by Gasteiger charge is -2.25. The van der Waals surface area contributed by atoms with Crippen LogP contribution < -0.4 is 4.74 Å². The average molecular weight is 392 g/mol. The second-order valence-electron chi connectivity index (χ2n) is 7.16. The first-order valence-electron chi connectivity index (χ1n) is 9.92. The fourth-order valence-corrected chi connectivity index (χ4v) is 3.29. The van der Waals surface area contributed by atoms with Crippen molar-refractivity contribution in [3.8, 4) is 5.75 Å². The smallest absolute Gasteiger partial charge is 0.119 e. The highest BCUT2D eigenvalue weighted by molar-refractivity contribution is 5.28. The molecule has 0 spiro atoms. The Morgan fingerprint density at radius 3 is 2.10 bits per heavy atom. The molecular weight excluding hydrogens is 362 g/mol. The van der Waals surface area contributed by atoms with E-state index in [1.54, 1.807) is 7.11 Å². The van der Waals surface area contributed by atoms with Crippen molar-refractivity contribution in [3.05, 3.63) is 102 Å². The largest absolute Gasteiger partial charge is 0.497 e. The number of ether oxygens (including phenoxy) is 2. The average Bonchev–Trinajstić information content (AvgIpc) is 2.75. The zero-order chi connectivity index (χ0) is 20.3. The third-order valence-corrected chi connectivity index (χ3v) is 4.68. The van der Waals surface area contributed by atoms with Crippen molar-refractivity contribution in [2.75, 3.05) is 20.3 Å². The molecule has 0 saturated carbocycles. The van der Waals surface area contributed by atoms with Crippen LogP contribution >= 0.6 is 0 Å². The first kappa shape index (κ1) is 21.1. The molecule has 0 amide bonds. The molecule has 3 aromatic rings. The highest BCUT2D eigenvalue weighted by Gasteiger charge is 2.14. The Balaban J connectivity index is 1.59. The minimum Gasteiger partial charge on any atom is -0.497 e. The van der Waals surface area contributed by atoms with Crippen LogP contribution in [0.1, 0.15) is 16.7 Å². The van der Waals surface area contributed by atoms with E-state index in [4.69, 9.17) is 9.47 Å². The molecule has 0 radical (unpaired) electrons. The molecule has 0 aliphatic heterocycles. The third-order valence-electron chi connectivity index (χ3n) is 4.68. The van der Waals surface area contributed by atoms with Crippen LogP contribution in [0.15, 0.2) is 84.9 Å². The molecular formula is C25H29NO3. The molecule has 1 N–H and O–H groups in total. The van der Waals surface area contributed by atoms with Gasteiger partial charge in [-0.25, -0.2) is 0 Å². The van der Waals surface area contributed by atoms with Gasteiger partial charge in [-0.2, -0.15) is 0 Å². The molecule has 0 heterocycles. The molecule has 0 aromatic heterocycles. The summed E-state index contributed by atoms with van der Waals surface area (Å²) in [4.78, 5) is 2.24. The van der Waals surface area contributed by atoms with Gasteiger partial charge in [0.15, 0.2) is 0 Å². The quantitative estimate of drug-likeness (QED) is 0.530. The number of aliphatic hydroxyl groups excluding tert-OH is 1. The van der Waals surface area contributed by atoms with E-state index in [0.717, 1.165) is 30.0 Å². The summed E-state index contributed by atoms with van der Waals surface area (Å²) in [5.74, 6) is 0.842. The van der Waals surface area contributed by atoms with Crippen molar-refractivity contribution >= 4 is 0 Å². The highest BCUT2D eigenvalue weighted by Crippen LogP contribution is 2.16. The van der Waals surface area contributed by atoms with Gasteiger partial charge in [-0.05, 0) is 28.8 Å². The van der Waals surface area contributed by atoms with Crippen LogP contribution in [0.3, 0.4) is 0 Å². The van der Waals surface area contributed by atoms with Crippen molar-refractivity contribution in [1.82, 2.24) is 4.90 Å². The molecule has 0 saturated heterocycles. The molecule has 0 aliphatic carbocycles. The van der Waals surface area contributed by atoms with E-state index in [-0.39, 0.29) is 0 Å². The first-order valence-corrected chi connectivity index (χ1v) is 9.92. The maximum atomic E-state index is 10.6. The molecule has 0 fully saturated rings. The Hall–Kier alpha value is -2.66. The van der Waals surface area contributed by atoms with Crippen LogP contribution in [0.5, 0.6) is 5.75 Å². The van der Waals surface area contributed by atoms with Gasteiger partial charge in [-0.3, -0.25) is 4.90 Å². The molecule has 1 atom stereocenters. The molecule has 4 heteroatoms. The van der Waals surface area contributed by atoms with Gasteiger partial charge in [0.2, 0.25) is 0 Å². The van der Waals surface area contributed by atoms with Gasteiger partial charge < -0.3 is 14.6 Å². The normalized spacial score (nSPS) is 12.1. The number of methoxy groups -OCH3 is 1. The predicted molar refractivity (Wildman–Crippen MR) is 116 cm³/mol. The van der Waals surface area contributed by atoms with E-state index in [1.807, 2.05) is 66.7 Å². The van der Waals surface area contributed by atoms with Crippen molar-refractivity contribution < 1.29 is 14.6 Å². The summed E-state index contributed by atoms with van der Waals surface area (Å²) in [6.45, 7) is 2.82. The van der Waals surface area contributed by atoms with E-state index in [2.05, 4.69) is 23.1 Å². The predicted octanol–water partition coefficient (Wildman–Crippen LogP) is 4.28. The summed E-state index contributed by atoms with van der Waals surface area (Å²) in [5.41, 5.74) is 3.47. The van der Waals surface area contributed by atoms with Crippen LogP contribution in [0, 0.1) is 0 Å². The number of hydrogen-bond acceptors (Lipinski definition) is 4. The summed E-state index contributed by atoms with van der Waals surface area (Å²) in [6.07, 6.45) is -0.562. The van der Waals surface area contributed by atoms with Gasteiger partial charge in [-0.15, -0.1) is 0 Å². The molecule has 0 bridgehead atoms. The lowest BCUT2D eigenvalue weighted by atomic mass is 10.1. The summed E-state index contributed by atoms with van der Waals surface area (Å²) in [6, 6.07) is 28.4. The summed E-state index contributed by atoms with van der Waals surface area (Å²) >= 11 is 0. The monoisotopic (exact) mass is 391 g/mol. The maximum absolute atomic E-state index is 10.6. The second-order valence-corrected chi connectivity index (χ2v) is 7.16. The fourth-order valence-electron chi connectivity index (χ4n) is 3.29. The Morgan fingerprint density at radius 1 is 0.793 bits per heavy atom. The van der Waals surface area contributed by atoms with Crippen molar-refractivity contribution in [2.45, 2.75) is 25.8 Å². The van der Waals surface area contributed by atoms with Gasteiger partial charge in [-0.1, -0.05) is 72.8 Å². The summed E-state index contributed by atoms with van der Waals surface area (Å²) in [7, 11) is 1.68. The Kier molecular flexibility index (Phi) is 8.25. The van der Waals surface area contributed by atoms with Gasteiger partial charge in [0, 0.05) is 19.6 Å². The minimum absolute atomic E-state index is 0.304. The SMILES string of the molecule is COc1cccc(CN(Cc2ccccc2)C[C@H](O)COCc2ccccc2)c1. The standard InChI is InChI=1S/C25H29NO3/c1-28-25-14-8-13-23(15-25)17-26(16-21-9-4-2-5-10-21)18-24(27)20-29-19-22-11-6-3-7-12-22/h2-15,24,27H,16-20H2,1H3/t24-/m0/s1. The highest BCUT2D eigenvalue weighted by atomic mass is 16.5. The molecule has 152 valence electrons. The van der Waals surface area contributed by atoms with Gasteiger partial charge in [0.1, 0.15) is 5.75 Å². The third kappa shape index (κ3) is 7.35. The van der Waals surface area contributed by atoms with Crippen LogP contribution in [-0.2, 0) is 24.4 Å². The number of nitrogens with zero attached hydrogens (tertiary/aromatic N) is 1. The zero-order valence-electron chi connectivity index (χ0n) is 16.9. The minimum atomic E-state index is -0.562. The summed E-state index contributed by atoms with van der Waals surface area (Å²) < 4.78 is 11.1. The molecule has 29 heavy (non-hydrogen) atoms. The van der Waals surface area contributed by atoms with Gasteiger partial charge >= 0.3 is 0 Å². The zero-order valence-corrected chi connectivity index (χ0v) is 16.9. The topological polar surface area (TPSA) is 41.9 Å². The van der Waals surface area contributed by atoms with Crippen molar-refractivity contribution in [2.24, 2.45) is 0 Å². The second kappa shape index (κ2) is 11.4. The number of benzene rings is 3. The molecule has 0 unspecified atom stereocenters. The van der Waals surface area contributed by atoms with Crippen LogP contribution in [0.4, 0.5) is 0 Å². The van der Waals surface area contributed by atoms with E-state index in [9.17, 15) is 5.11 Å². The lowest BCUT2D eigenvalue weighted by Crippen LogP contribution is -2.34. The Morgan fingerprint density at radius 2 is 1.41 bits per heavy atom. The molecule has 3 rings (SSSR count). The van der Waals surface area contributed by atoms with Crippen molar-refractivity contribution in [1.29, 1.82) is 0 Å². The first-order chi connectivity index (χ1) is 14.2. The van der Waals surface area contributed by atoms with E-state index >= 15 is 0 Å². The fraction of sp³-hybridized carbons (Fsp3) is 0.280. The van der Waals surface area contributed by atoms with Crippen LogP contribution in [0.25, 0.3) is 0 Å². The number of rotatable bonds is 11. The van der Waals surface area contributed by atoms with Crippen molar-refractivity contribution in [3.63, 3.8) is 0 Å².